The summed E-state index contributed by atoms with van der Waals surface area (Å²) < 4.78 is 26.6. The number of hydrogen-bond donors (Lipinski definition) is 2. The normalized spacial score (nSPS) is 12.8. The van der Waals surface area contributed by atoms with Gasteiger partial charge in [0.15, 0.2) is 5.65 Å². The maximum Gasteiger partial charge on any atom is 0.326 e. The van der Waals surface area contributed by atoms with Crippen LogP contribution < -0.4 is 5.32 Å². The van der Waals surface area contributed by atoms with Crippen LogP contribution in [0, 0.1) is 6.92 Å². The monoisotopic (exact) mass is 340 g/mol. The van der Waals surface area contributed by atoms with Gasteiger partial charge in [-0.3, -0.25) is 4.79 Å². The topological polar surface area (TPSA) is 97.1 Å². The van der Waals surface area contributed by atoms with Gasteiger partial charge >= 0.3 is 5.97 Å². The van der Waals surface area contributed by atoms with E-state index in [4.69, 9.17) is 5.11 Å². The van der Waals surface area contributed by atoms with E-state index in [1.54, 1.807) is 11.6 Å². The Hall–Kier alpha value is -2.58. The van der Waals surface area contributed by atoms with Crippen molar-refractivity contribution in [2.24, 2.45) is 0 Å². The second kappa shape index (κ2) is 6.90. The zero-order valence-corrected chi connectivity index (χ0v) is 13.5. The van der Waals surface area contributed by atoms with E-state index in [9.17, 15) is 18.4 Å². The highest BCUT2D eigenvalue weighted by Crippen LogP contribution is 2.21. The molecule has 1 atom stereocenters. The maximum absolute atomic E-state index is 12.5. The first-order valence-corrected chi connectivity index (χ1v) is 7.37. The standard InChI is InChI=1S/C15H18F2N4O3/c1-7(2)21-13-10(6-18-21)9(4-8(3)19-13)14(22)20-11(15(23)24)5-12(16)17/h4,6-7,11-12H,5H2,1-3H3,(H,20,22)(H,23,24). The molecule has 130 valence electrons. The number of aliphatic carboxylic acids is 1. The van der Waals surface area contributed by atoms with Gasteiger partial charge in [-0.15, -0.1) is 0 Å². The molecule has 9 heteroatoms. The molecule has 2 aromatic heterocycles. The van der Waals surface area contributed by atoms with E-state index in [-0.39, 0.29) is 11.6 Å². The number of carboxylic acids is 1. The lowest BCUT2D eigenvalue weighted by molar-refractivity contribution is -0.140. The number of amides is 1. The number of hydrogen-bond acceptors (Lipinski definition) is 4. The van der Waals surface area contributed by atoms with Crippen molar-refractivity contribution in [2.75, 3.05) is 0 Å². The maximum atomic E-state index is 12.5. The molecule has 1 unspecified atom stereocenters. The second-order valence-electron chi connectivity index (χ2n) is 5.72. The molecule has 0 bridgehead atoms. The predicted molar refractivity (Wildman–Crippen MR) is 82.2 cm³/mol. The molecule has 2 N–H and O–H groups in total. The number of rotatable bonds is 6. The van der Waals surface area contributed by atoms with Gasteiger partial charge in [-0.05, 0) is 26.8 Å². The average molecular weight is 340 g/mol. The molecule has 0 fully saturated rings. The van der Waals surface area contributed by atoms with E-state index in [0.29, 0.717) is 16.7 Å². The Labute approximate surface area is 136 Å². The highest BCUT2D eigenvalue weighted by Gasteiger charge is 2.26. The van der Waals surface area contributed by atoms with E-state index in [0.717, 1.165) is 0 Å². The molecule has 2 aromatic rings. The van der Waals surface area contributed by atoms with Gasteiger partial charge in [0.05, 0.1) is 17.1 Å². The quantitative estimate of drug-likeness (QED) is 0.840. The molecule has 0 aliphatic carbocycles. The highest BCUT2D eigenvalue weighted by molar-refractivity contribution is 6.06. The Balaban J connectivity index is 2.40. The summed E-state index contributed by atoms with van der Waals surface area (Å²) in [6.07, 6.45) is -2.34. The number of alkyl halides is 2. The van der Waals surface area contributed by atoms with Crippen molar-refractivity contribution in [2.45, 2.75) is 45.7 Å². The van der Waals surface area contributed by atoms with E-state index >= 15 is 0 Å². The molecule has 0 aliphatic rings. The molecule has 2 rings (SSSR count). The fraction of sp³-hybridized carbons (Fsp3) is 0.467. The minimum Gasteiger partial charge on any atom is -0.480 e. The number of aryl methyl sites for hydroxylation is 1. The van der Waals surface area contributed by atoms with E-state index in [1.807, 2.05) is 13.8 Å². The number of fused-ring (bicyclic) bond motifs is 1. The van der Waals surface area contributed by atoms with Crippen LogP contribution in [0.1, 0.15) is 42.4 Å². The van der Waals surface area contributed by atoms with Crippen LogP contribution in [0.25, 0.3) is 11.0 Å². The SMILES string of the molecule is Cc1cc(C(=O)NC(CC(F)F)C(=O)O)c2cnn(C(C)C)c2n1. The minimum absolute atomic E-state index is 0.0123. The lowest BCUT2D eigenvalue weighted by Gasteiger charge is -2.15. The molecular weight excluding hydrogens is 322 g/mol. The average Bonchev–Trinajstić information content (AvgIpc) is 2.88. The lowest BCUT2D eigenvalue weighted by atomic mass is 10.1. The molecule has 0 saturated carbocycles. The minimum atomic E-state index is -2.84. The first-order chi connectivity index (χ1) is 11.2. The second-order valence-corrected chi connectivity index (χ2v) is 5.72. The van der Waals surface area contributed by atoms with E-state index in [2.05, 4.69) is 15.4 Å². The van der Waals surface area contributed by atoms with Crippen LogP contribution in [0.3, 0.4) is 0 Å². The van der Waals surface area contributed by atoms with Crippen molar-refractivity contribution in [3.8, 4) is 0 Å². The molecule has 0 spiro atoms. The zero-order valence-electron chi connectivity index (χ0n) is 13.5. The molecule has 0 radical (unpaired) electrons. The molecule has 24 heavy (non-hydrogen) atoms. The summed E-state index contributed by atoms with van der Waals surface area (Å²) in [5.74, 6) is -2.26. The Kier molecular flexibility index (Phi) is 5.10. The van der Waals surface area contributed by atoms with Gasteiger partial charge in [0.2, 0.25) is 6.43 Å². The summed E-state index contributed by atoms with van der Waals surface area (Å²) in [5.41, 5.74) is 1.18. The highest BCUT2D eigenvalue weighted by atomic mass is 19.3. The molecule has 7 nitrogen and oxygen atoms in total. The van der Waals surface area contributed by atoms with Gasteiger partial charge in [-0.1, -0.05) is 0 Å². The lowest BCUT2D eigenvalue weighted by Crippen LogP contribution is -2.42. The van der Waals surface area contributed by atoms with Crippen LogP contribution in [-0.2, 0) is 4.79 Å². The first kappa shape index (κ1) is 17.8. The number of nitrogens with one attached hydrogen (secondary N) is 1. The summed E-state index contributed by atoms with van der Waals surface area (Å²) in [6.45, 7) is 5.49. The van der Waals surface area contributed by atoms with Crippen LogP contribution in [0.5, 0.6) is 0 Å². The summed E-state index contributed by atoms with van der Waals surface area (Å²) in [6, 6.07) is -0.176. The van der Waals surface area contributed by atoms with Crippen LogP contribution in [0.2, 0.25) is 0 Å². The summed E-state index contributed by atoms with van der Waals surface area (Å²) in [7, 11) is 0. The molecular formula is C15H18F2N4O3. The van der Waals surface area contributed by atoms with Crippen LogP contribution in [0.4, 0.5) is 8.78 Å². The Morgan fingerprint density at radius 2 is 2.04 bits per heavy atom. The number of carbonyl (C=O) groups is 2. The molecule has 0 aromatic carbocycles. The van der Waals surface area contributed by atoms with Crippen molar-refractivity contribution in [3.05, 3.63) is 23.5 Å². The molecule has 2 heterocycles. The number of halogens is 2. The fourth-order valence-electron chi connectivity index (χ4n) is 2.34. The Morgan fingerprint density at radius 1 is 1.38 bits per heavy atom. The first-order valence-electron chi connectivity index (χ1n) is 7.37. The van der Waals surface area contributed by atoms with Gasteiger partial charge in [-0.2, -0.15) is 5.10 Å². The van der Waals surface area contributed by atoms with Gasteiger partial charge < -0.3 is 10.4 Å². The van der Waals surface area contributed by atoms with Crippen LogP contribution in [-0.4, -0.2) is 44.2 Å². The molecule has 0 saturated heterocycles. The zero-order chi connectivity index (χ0) is 18.0. The van der Waals surface area contributed by atoms with Crippen molar-refractivity contribution >= 4 is 22.9 Å². The van der Waals surface area contributed by atoms with E-state index < -0.39 is 30.8 Å². The van der Waals surface area contributed by atoms with Gasteiger partial charge in [0, 0.05) is 18.2 Å². The van der Waals surface area contributed by atoms with E-state index in [1.165, 1.54) is 12.3 Å². The van der Waals surface area contributed by atoms with Crippen molar-refractivity contribution in [1.82, 2.24) is 20.1 Å². The number of carboxylic acid groups (broad SMARTS) is 1. The van der Waals surface area contributed by atoms with Crippen LogP contribution >= 0.6 is 0 Å². The summed E-state index contributed by atoms with van der Waals surface area (Å²) in [4.78, 5) is 27.8. The molecule has 1 amide bonds. The Bertz CT molecular complexity index is 773. The third kappa shape index (κ3) is 3.66. The van der Waals surface area contributed by atoms with Crippen molar-refractivity contribution in [1.29, 1.82) is 0 Å². The third-order valence-electron chi connectivity index (χ3n) is 3.45. The number of carbonyl (C=O) groups excluding carboxylic acids is 1. The smallest absolute Gasteiger partial charge is 0.326 e. The van der Waals surface area contributed by atoms with Gasteiger partial charge in [0.25, 0.3) is 5.91 Å². The van der Waals surface area contributed by atoms with Crippen molar-refractivity contribution < 1.29 is 23.5 Å². The third-order valence-corrected chi connectivity index (χ3v) is 3.45. The summed E-state index contributed by atoms with van der Waals surface area (Å²) >= 11 is 0. The Morgan fingerprint density at radius 3 is 2.58 bits per heavy atom. The number of aromatic nitrogens is 3. The number of pyridine rings is 1. The molecule has 0 aliphatic heterocycles. The van der Waals surface area contributed by atoms with Crippen molar-refractivity contribution in [3.63, 3.8) is 0 Å². The van der Waals surface area contributed by atoms with Gasteiger partial charge in [0.1, 0.15) is 6.04 Å². The largest absolute Gasteiger partial charge is 0.480 e. The number of nitrogens with zero attached hydrogens (tertiary/aromatic N) is 3. The van der Waals surface area contributed by atoms with Gasteiger partial charge in [-0.25, -0.2) is 23.2 Å². The summed E-state index contributed by atoms with van der Waals surface area (Å²) in [5, 5.41) is 15.7. The fourth-order valence-corrected chi connectivity index (χ4v) is 2.34. The predicted octanol–water partition coefficient (Wildman–Crippen LogP) is 2.16. The van der Waals surface area contributed by atoms with Crippen LogP contribution in [0.15, 0.2) is 12.3 Å².